The minimum Gasteiger partial charge on any atom is -0.496 e. The fourth-order valence-corrected chi connectivity index (χ4v) is 10.2. The first-order chi connectivity index (χ1) is 30.3. The molecule has 3 aliphatic rings. The number of fused-ring (bicyclic) bond motifs is 1. The zero-order valence-electron chi connectivity index (χ0n) is 37.2. The van der Waals surface area contributed by atoms with Crippen LogP contribution in [0.15, 0.2) is 54.4 Å². The van der Waals surface area contributed by atoms with Gasteiger partial charge in [0.2, 0.25) is 21.8 Å². The Hall–Kier alpha value is -5.50. The molecule has 4 aromatic rings. The van der Waals surface area contributed by atoms with Crippen molar-refractivity contribution in [2.24, 2.45) is 11.3 Å². The summed E-state index contributed by atoms with van der Waals surface area (Å²) < 4.78 is 98.0. The number of rotatable bonds is 15. The number of anilines is 1. The van der Waals surface area contributed by atoms with Gasteiger partial charge >= 0.3 is 6.36 Å². The smallest absolute Gasteiger partial charge is 0.496 e. The molecule has 2 aliphatic carbocycles. The fourth-order valence-electron chi connectivity index (χ4n) is 7.97. The van der Waals surface area contributed by atoms with Gasteiger partial charge in [-0.25, -0.2) is 22.8 Å². The summed E-state index contributed by atoms with van der Waals surface area (Å²) in [6.45, 7) is 16.0. The number of thiazole rings is 1. The lowest BCUT2D eigenvalue weighted by atomic mass is 9.85. The number of nitrogens with zero attached hydrogens (tertiary/aromatic N) is 3. The van der Waals surface area contributed by atoms with Gasteiger partial charge < -0.3 is 29.7 Å². The van der Waals surface area contributed by atoms with Crippen molar-refractivity contribution in [3.63, 3.8) is 0 Å². The summed E-state index contributed by atoms with van der Waals surface area (Å²) in [7, 11) is -2.56. The predicted octanol–water partition coefficient (Wildman–Crippen LogP) is 7.77. The molecule has 20 heteroatoms. The third kappa shape index (κ3) is 9.74. The van der Waals surface area contributed by atoms with Crippen LogP contribution in [-0.4, -0.2) is 89.5 Å². The number of pyridine rings is 1. The quantitative estimate of drug-likeness (QED) is 0.0784. The number of methoxy groups -OCH3 is 1. The van der Waals surface area contributed by atoms with Crippen molar-refractivity contribution >= 4 is 55.7 Å². The number of alkyl halides is 3. The van der Waals surface area contributed by atoms with Crippen molar-refractivity contribution < 1.29 is 54.6 Å². The average molecular weight is 945 g/mol. The Morgan fingerprint density at radius 2 is 1.77 bits per heavy atom. The zero-order chi connectivity index (χ0) is 47.6. The summed E-state index contributed by atoms with van der Waals surface area (Å²) in [5.74, 6) is -3.90. The van der Waals surface area contributed by atoms with Crippen molar-refractivity contribution in [3.05, 3.63) is 71.5 Å². The van der Waals surface area contributed by atoms with Crippen LogP contribution < -0.4 is 29.6 Å². The lowest BCUT2D eigenvalue weighted by Crippen LogP contribution is -2.59. The highest BCUT2D eigenvalue weighted by Crippen LogP contribution is 2.47. The Labute approximate surface area is 378 Å². The lowest BCUT2D eigenvalue weighted by Gasteiger charge is -2.36. The molecule has 350 valence electrons. The summed E-state index contributed by atoms with van der Waals surface area (Å²) in [6, 6.07) is 5.04. The van der Waals surface area contributed by atoms with E-state index in [1.54, 1.807) is 46.1 Å². The van der Waals surface area contributed by atoms with Crippen LogP contribution in [-0.2, 0) is 24.4 Å². The first-order valence-electron chi connectivity index (χ1n) is 21.0. The molecular weight excluding hydrogens is 893 g/mol. The number of carbonyl (C=O) groups excluding carboxylic acids is 3. The summed E-state index contributed by atoms with van der Waals surface area (Å²) in [4.78, 5) is 54.5. The van der Waals surface area contributed by atoms with Crippen LogP contribution in [0.2, 0.25) is 0 Å². The number of hydrogen-bond acceptors (Lipinski definition) is 12. The Morgan fingerprint density at radius 3 is 2.35 bits per heavy atom. The molecule has 14 nitrogen and oxygen atoms in total. The second-order valence-corrected chi connectivity index (χ2v) is 21.6. The number of likely N-dealkylation sites (tertiary alicyclic amines) is 1. The van der Waals surface area contributed by atoms with Crippen LogP contribution in [0.5, 0.6) is 17.2 Å². The van der Waals surface area contributed by atoms with Gasteiger partial charge in [-0.2, -0.15) is 0 Å². The van der Waals surface area contributed by atoms with E-state index in [9.17, 15) is 40.4 Å². The van der Waals surface area contributed by atoms with Crippen LogP contribution >= 0.6 is 11.3 Å². The number of aromatic nitrogens is 2. The van der Waals surface area contributed by atoms with E-state index in [1.807, 2.05) is 26.2 Å². The molecule has 2 aromatic heterocycles. The minimum absolute atomic E-state index is 0.0405. The number of amides is 3. The van der Waals surface area contributed by atoms with E-state index in [2.05, 4.69) is 26.7 Å². The Balaban J connectivity index is 1.26. The number of hydrogen-bond donors (Lipinski definition) is 3. The molecule has 3 fully saturated rings. The van der Waals surface area contributed by atoms with Crippen LogP contribution in [0, 0.1) is 24.1 Å². The molecule has 65 heavy (non-hydrogen) atoms. The van der Waals surface area contributed by atoms with E-state index in [0.29, 0.717) is 52.0 Å². The van der Waals surface area contributed by atoms with Gasteiger partial charge in [-0.05, 0) is 62.6 Å². The molecule has 1 saturated heterocycles. The molecule has 0 radical (unpaired) electrons. The molecule has 7 rings (SSSR count). The maximum atomic E-state index is 15.0. The van der Waals surface area contributed by atoms with Crippen molar-refractivity contribution in [1.29, 1.82) is 0 Å². The van der Waals surface area contributed by atoms with E-state index in [4.69, 9.17) is 19.4 Å². The van der Waals surface area contributed by atoms with Crippen molar-refractivity contribution in [1.82, 2.24) is 24.9 Å². The standard InChI is InChI=1S/C45H52F4N6O8S2/c1-10-25-20-44(25,41(58)54-65(59,60)43(8)13-14-43)53-38(56)33-18-29(21-55(33)40(57)37(42(5,6)7)50-27-15-26(46)16-28(17-27)63-45(47,48)49)62-35-19-31(39-52-32(22-64-39)23(2)3)51-36-24(4)34(61-9)12-11-30(35)36/h10-12,15-17,19,22-23,25,29,33,37,50H,1,13-14,18,20-21H2,2-9H3,(H,53,56)(H,54,58)/t25-,29-,33+,37-,44-/m1/s1. The third-order valence-corrected chi connectivity index (χ3v) is 15.3. The van der Waals surface area contributed by atoms with E-state index in [1.165, 1.54) is 29.2 Å². The van der Waals surface area contributed by atoms with E-state index >= 15 is 0 Å². The molecular formula is C45H52F4N6O8S2. The normalized spacial score (nSPS) is 22.0. The predicted molar refractivity (Wildman–Crippen MR) is 237 cm³/mol. The molecule has 5 atom stereocenters. The van der Waals surface area contributed by atoms with Crippen LogP contribution in [0.4, 0.5) is 23.2 Å². The highest BCUT2D eigenvalue weighted by molar-refractivity contribution is 7.91. The van der Waals surface area contributed by atoms with Crippen molar-refractivity contribution in [2.45, 2.75) is 115 Å². The van der Waals surface area contributed by atoms with Crippen LogP contribution in [0.25, 0.3) is 21.6 Å². The lowest BCUT2D eigenvalue weighted by molar-refractivity contribution is -0.274. The number of aryl methyl sites for hydroxylation is 1. The summed E-state index contributed by atoms with van der Waals surface area (Å²) >= 11 is 1.41. The second kappa shape index (κ2) is 17.1. The number of nitrogens with one attached hydrogen (secondary N) is 3. The van der Waals surface area contributed by atoms with Crippen LogP contribution in [0.3, 0.4) is 0 Å². The summed E-state index contributed by atoms with van der Waals surface area (Å²) in [6.07, 6.45) is -3.92. The zero-order valence-corrected chi connectivity index (χ0v) is 38.8. The topological polar surface area (TPSA) is 178 Å². The second-order valence-electron chi connectivity index (χ2n) is 18.6. The first kappa shape index (κ1) is 47.5. The van der Waals surface area contributed by atoms with Gasteiger partial charge in [-0.3, -0.25) is 19.1 Å². The van der Waals surface area contributed by atoms with Gasteiger partial charge in [0.25, 0.3) is 5.91 Å². The molecule has 3 heterocycles. The molecule has 0 spiro atoms. The Bertz CT molecular complexity index is 2660. The van der Waals surface area contributed by atoms with Gasteiger partial charge in [-0.1, -0.05) is 40.7 Å². The first-order valence-corrected chi connectivity index (χ1v) is 23.4. The van der Waals surface area contributed by atoms with Gasteiger partial charge in [0.15, 0.2) is 0 Å². The molecule has 0 bridgehead atoms. The average Bonchev–Trinajstić information content (AvgIpc) is 3.99. The number of ether oxygens (including phenoxy) is 3. The maximum Gasteiger partial charge on any atom is 0.573 e. The maximum absolute atomic E-state index is 15.0. The minimum atomic E-state index is -5.13. The Morgan fingerprint density at radius 1 is 1.06 bits per heavy atom. The highest BCUT2D eigenvalue weighted by atomic mass is 32.2. The van der Waals surface area contributed by atoms with E-state index in [-0.39, 0.29) is 31.0 Å². The monoisotopic (exact) mass is 944 g/mol. The SMILES string of the molecule is C=C[C@@H]1C[C@]1(NC(=O)[C@@H]1C[C@@H](Oc2cc(-c3nc(C(C)C)cs3)nc3c(C)c(OC)ccc23)CN1C(=O)[C@@H](Nc1cc(F)cc(OC(F)(F)F)c1)C(C)(C)C)C(=O)NS(=O)(=O)C1(C)CC1. The molecule has 0 unspecified atom stereocenters. The third-order valence-electron chi connectivity index (χ3n) is 12.3. The van der Waals surface area contributed by atoms with Gasteiger partial charge in [0.1, 0.15) is 57.5 Å². The molecule has 2 aromatic carbocycles. The molecule has 3 N–H and O–H groups in total. The number of sulfonamides is 1. The Kier molecular flexibility index (Phi) is 12.5. The van der Waals surface area contributed by atoms with Crippen molar-refractivity contribution in [3.8, 4) is 28.0 Å². The highest BCUT2D eigenvalue weighted by Gasteiger charge is 2.63. The number of halogens is 4. The number of carbonyl (C=O) groups is 3. The summed E-state index contributed by atoms with van der Waals surface area (Å²) in [5.41, 5.74) is -0.245. The van der Waals surface area contributed by atoms with Crippen LogP contribution in [0.1, 0.15) is 84.4 Å². The molecule has 2 saturated carbocycles. The van der Waals surface area contributed by atoms with Gasteiger partial charge in [-0.15, -0.1) is 31.1 Å². The fraction of sp³-hybridized carbons (Fsp3) is 0.489. The number of benzene rings is 2. The summed E-state index contributed by atoms with van der Waals surface area (Å²) in [5, 5.41) is 8.84. The largest absolute Gasteiger partial charge is 0.573 e. The van der Waals surface area contributed by atoms with Gasteiger partial charge in [0.05, 0.1) is 29.6 Å². The van der Waals surface area contributed by atoms with Crippen molar-refractivity contribution in [2.75, 3.05) is 19.0 Å². The molecule has 3 amide bonds. The molecule has 1 aliphatic heterocycles. The van der Waals surface area contributed by atoms with E-state index < -0.39 is 85.5 Å². The van der Waals surface area contributed by atoms with Gasteiger partial charge in [0, 0.05) is 52.6 Å². The van der Waals surface area contributed by atoms with E-state index in [0.717, 1.165) is 23.4 Å².